The van der Waals surface area contributed by atoms with Gasteiger partial charge in [0.25, 0.3) is 0 Å². The Balaban J connectivity index is 1.88. The van der Waals surface area contributed by atoms with E-state index in [1.54, 1.807) is 11.3 Å². The van der Waals surface area contributed by atoms with Gasteiger partial charge in [-0.05, 0) is 70.2 Å². The van der Waals surface area contributed by atoms with E-state index in [4.69, 9.17) is 16.6 Å². The number of hydrogen-bond acceptors (Lipinski definition) is 5. The first-order chi connectivity index (χ1) is 12.8. The van der Waals surface area contributed by atoms with Gasteiger partial charge < -0.3 is 4.90 Å². The molecule has 1 amide bonds. The minimum absolute atomic E-state index is 0.0701. The molecule has 3 rings (SSSR count). The van der Waals surface area contributed by atoms with Crippen molar-refractivity contribution >= 4 is 55.5 Å². The lowest BCUT2D eigenvalue weighted by Gasteiger charge is -2.20. The molecule has 0 unspecified atom stereocenters. The van der Waals surface area contributed by atoms with Crippen LogP contribution in [0.15, 0.2) is 24.3 Å². The first-order valence-electron chi connectivity index (χ1n) is 8.90. The number of nitrogens with zero attached hydrogens (tertiary/aromatic N) is 3. The number of thiophene rings is 1. The molecule has 27 heavy (non-hydrogen) atoms. The number of benzene rings is 1. The molecular formula is C20H24ClN3OS2. The van der Waals surface area contributed by atoms with Crippen molar-refractivity contribution in [3.05, 3.63) is 44.6 Å². The summed E-state index contributed by atoms with van der Waals surface area (Å²) >= 11 is 9.08. The summed E-state index contributed by atoms with van der Waals surface area (Å²) in [6, 6.07) is 8.02. The summed E-state index contributed by atoms with van der Waals surface area (Å²) in [4.78, 5) is 22.8. The van der Waals surface area contributed by atoms with Gasteiger partial charge in [-0.3, -0.25) is 9.69 Å². The van der Waals surface area contributed by atoms with Gasteiger partial charge in [0.2, 0.25) is 5.91 Å². The molecular weight excluding hydrogens is 398 g/mol. The van der Waals surface area contributed by atoms with E-state index >= 15 is 0 Å². The lowest BCUT2D eigenvalue weighted by molar-refractivity contribution is -0.118. The fraction of sp³-hybridized carbons (Fsp3) is 0.400. The smallest absolute Gasteiger partial charge is 0.234 e. The number of anilines is 1. The number of carbonyl (C=O) groups is 1. The third-order valence-corrected chi connectivity index (χ3v) is 6.74. The van der Waals surface area contributed by atoms with Gasteiger partial charge in [0.1, 0.15) is 0 Å². The van der Waals surface area contributed by atoms with E-state index in [0.717, 1.165) is 33.2 Å². The summed E-state index contributed by atoms with van der Waals surface area (Å²) in [5.74, 6) is 0.0701. The number of rotatable bonds is 7. The van der Waals surface area contributed by atoms with Gasteiger partial charge in [0.15, 0.2) is 5.13 Å². The Bertz CT molecular complexity index is 948. The van der Waals surface area contributed by atoms with Crippen LogP contribution in [0.25, 0.3) is 10.2 Å². The second kappa shape index (κ2) is 8.69. The van der Waals surface area contributed by atoms with Crippen molar-refractivity contribution in [2.75, 3.05) is 32.1 Å². The van der Waals surface area contributed by atoms with Gasteiger partial charge >= 0.3 is 0 Å². The highest BCUT2D eigenvalue weighted by atomic mass is 35.5. The normalized spacial score (nSPS) is 11.5. The van der Waals surface area contributed by atoms with Gasteiger partial charge in [0, 0.05) is 11.4 Å². The standard InChI is InChI=1S/C20H24ClN3OS2/c1-13-10-14(2)19-16(11-13)22-20(27-19)24(9-5-8-23(3)4)18(25)12-15-6-7-17(21)26-15/h6-7,10-11H,5,8-9,12H2,1-4H3. The van der Waals surface area contributed by atoms with Crippen LogP contribution in [-0.2, 0) is 11.2 Å². The number of aromatic nitrogens is 1. The lowest BCUT2D eigenvalue weighted by Crippen LogP contribution is -2.34. The van der Waals surface area contributed by atoms with Crippen molar-refractivity contribution in [2.24, 2.45) is 0 Å². The number of amides is 1. The second-order valence-corrected chi connectivity index (χ2v) is 9.79. The number of hydrogen-bond donors (Lipinski definition) is 0. The highest BCUT2D eigenvalue weighted by Gasteiger charge is 2.21. The third kappa shape index (κ3) is 5.08. The third-order valence-electron chi connectivity index (χ3n) is 4.28. The zero-order valence-corrected chi connectivity index (χ0v) is 18.5. The van der Waals surface area contributed by atoms with Crippen LogP contribution < -0.4 is 4.90 Å². The van der Waals surface area contributed by atoms with Crippen molar-refractivity contribution < 1.29 is 4.79 Å². The van der Waals surface area contributed by atoms with E-state index in [9.17, 15) is 4.79 Å². The fourth-order valence-electron chi connectivity index (χ4n) is 3.04. The summed E-state index contributed by atoms with van der Waals surface area (Å²) in [5, 5.41) is 0.783. The molecule has 2 heterocycles. The Labute approximate surface area is 173 Å². The predicted octanol–water partition coefficient (Wildman–Crippen LogP) is 5.16. The monoisotopic (exact) mass is 421 g/mol. The summed E-state index contributed by atoms with van der Waals surface area (Å²) < 4.78 is 1.86. The van der Waals surface area contributed by atoms with Crippen LogP contribution in [0.4, 0.5) is 5.13 Å². The van der Waals surface area contributed by atoms with Gasteiger partial charge in [0.05, 0.1) is 21.0 Å². The van der Waals surface area contributed by atoms with Crippen molar-refractivity contribution in [3.63, 3.8) is 0 Å². The fourth-order valence-corrected chi connectivity index (χ4v) is 5.18. The SMILES string of the molecule is Cc1cc(C)c2sc(N(CCCN(C)C)C(=O)Cc3ccc(Cl)s3)nc2c1. The summed E-state index contributed by atoms with van der Waals surface area (Å²) in [6.07, 6.45) is 1.26. The molecule has 0 atom stereocenters. The Kier molecular flexibility index (Phi) is 6.52. The molecule has 0 aliphatic heterocycles. The molecule has 0 aliphatic rings. The van der Waals surface area contributed by atoms with E-state index in [0.29, 0.717) is 17.3 Å². The Morgan fingerprint density at radius 2 is 1.93 bits per heavy atom. The van der Waals surface area contributed by atoms with Crippen LogP contribution in [0.1, 0.15) is 22.4 Å². The van der Waals surface area contributed by atoms with Gasteiger partial charge in [-0.15, -0.1) is 11.3 Å². The maximum absolute atomic E-state index is 13.1. The molecule has 0 N–H and O–H groups in total. The minimum Gasteiger partial charge on any atom is -0.309 e. The van der Waals surface area contributed by atoms with E-state index in [1.807, 2.05) is 31.1 Å². The summed E-state index contributed by atoms with van der Waals surface area (Å²) in [6.45, 7) is 5.76. The van der Waals surface area contributed by atoms with Crippen LogP contribution >= 0.6 is 34.3 Å². The lowest BCUT2D eigenvalue weighted by atomic mass is 10.1. The maximum Gasteiger partial charge on any atom is 0.234 e. The molecule has 0 fully saturated rings. The molecule has 7 heteroatoms. The molecule has 3 aromatic rings. The number of aryl methyl sites for hydroxylation is 2. The molecule has 0 bridgehead atoms. The van der Waals surface area contributed by atoms with E-state index in [2.05, 4.69) is 30.9 Å². The number of fused-ring (bicyclic) bond motifs is 1. The molecule has 4 nitrogen and oxygen atoms in total. The highest BCUT2D eigenvalue weighted by molar-refractivity contribution is 7.22. The molecule has 0 aliphatic carbocycles. The van der Waals surface area contributed by atoms with Crippen LogP contribution in [0.3, 0.4) is 0 Å². The molecule has 1 aromatic carbocycles. The molecule has 0 saturated carbocycles. The van der Waals surface area contributed by atoms with Gasteiger partial charge in [-0.2, -0.15) is 0 Å². The molecule has 0 radical (unpaired) electrons. The van der Waals surface area contributed by atoms with Crippen molar-refractivity contribution in [1.29, 1.82) is 0 Å². The summed E-state index contributed by atoms with van der Waals surface area (Å²) in [7, 11) is 4.09. The Morgan fingerprint density at radius 3 is 2.59 bits per heavy atom. The first kappa shape index (κ1) is 20.3. The Hall–Kier alpha value is -1.47. The maximum atomic E-state index is 13.1. The topological polar surface area (TPSA) is 36.4 Å². The molecule has 144 valence electrons. The largest absolute Gasteiger partial charge is 0.309 e. The Morgan fingerprint density at radius 1 is 1.15 bits per heavy atom. The number of halogens is 1. The van der Waals surface area contributed by atoms with Crippen LogP contribution in [0.5, 0.6) is 0 Å². The quantitative estimate of drug-likeness (QED) is 0.529. The van der Waals surface area contributed by atoms with E-state index in [-0.39, 0.29) is 5.91 Å². The first-order valence-corrected chi connectivity index (χ1v) is 10.9. The number of carbonyl (C=O) groups excluding carboxylic acids is 1. The minimum atomic E-state index is 0.0701. The number of thiazole rings is 1. The predicted molar refractivity (Wildman–Crippen MR) is 118 cm³/mol. The average molecular weight is 422 g/mol. The van der Waals surface area contributed by atoms with Crippen LogP contribution in [-0.4, -0.2) is 43.0 Å². The van der Waals surface area contributed by atoms with Crippen LogP contribution in [0.2, 0.25) is 4.34 Å². The zero-order valence-electron chi connectivity index (χ0n) is 16.1. The average Bonchev–Trinajstić information content (AvgIpc) is 3.17. The van der Waals surface area contributed by atoms with E-state index in [1.165, 1.54) is 22.5 Å². The zero-order chi connectivity index (χ0) is 19.6. The van der Waals surface area contributed by atoms with Crippen LogP contribution in [0, 0.1) is 13.8 Å². The van der Waals surface area contributed by atoms with Gasteiger partial charge in [-0.1, -0.05) is 29.0 Å². The molecule has 2 aromatic heterocycles. The molecule has 0 spiro atoms. The van der Waals surface area contributed by atoms with Crippen molar-refractivity contribution in [3.8, 4) is 0 Å². The summed E-state index contributed by atoms with van der Waals surface area (Å²) in [5.41, 5.74) is 3.37. The van der Waals surface area contributed by atoms with Crippen molar-refractivity contribution in [1.82, 2.24) is 9.88 Å². The highest BCUT2D eigenvalue weighted by Crippen LogP contribution is 2.33. The van der Waals surface area contributed by atoms with Crippen molar-refractivity contribution in [2.45, 2.75) is 26.7 Å². The van der Waals surface area contributed by atoms with E-state index < -0.39 is 0 Å². The van der Waals surface area contributed by atoms with Gasteiger partial charge in [-0.25, -0.2) is 4.98 Å². The second-order valence-electron chi connectivity index (χ2n) is 7.01. The molecule has 0 saturated heterocycles.